The number of halogens is 3. The summed E-state index contributed by atoms with van der Waals surface area (Å²) in [6, 6.07) is 7.99. The number of nitrogens with zero attached hydrogens (tertiary/aromatic N) is 1. The standard InChI is InChI=1S/C15H12F3NO/c1-10-2-5-12(9-19-10)14(20)8-11-3-6-13(7-4-11)15(16,17)18/h2-7,9H,8H2,1H3. The van der Waals surface area contributed by atoms with Gasteiger partial charge in [0.1, 0.15) is 0 Å². The fourth-order valence-electron chi connectivity index (χ4n) is 1.73. The summed E-state index contributed by atoms with van der Waals surface area (Å²) >= 11 is 0. The van der Waals surface area contributed by atoms with Crippen molar-refractivity contribution in [2.24, 2.45) is 0 Å². The molecule has 0 bridgehead atoms. The van der Waals surface area contributed by atoms with Crippen molar-refractivity contribution in [3.63, 3.8) is 0 Å². The van der Waals surface area contributed by atoms with Gasteiger partial charge in [0.05, 0.1) is 5.56 Å². The normalized spacial score (nSPS) is 11.4. The summed E-state index contributed by atoms with van der Waals surface area (Å²) in [5.74, 6) is -0.169. The Balaban J connectivity index is 2.10. The Bertz CT molecular complexity index is 601. The van der Waals surface area contributed by atoms with Crippen molar-refractivity contribution in [2.75, 3.05) is 0 Å². The molecule has 0 unspecified atom stereocenters. The first-order chi connectivity index (χ1) is 9.36. The highest BCUT2D eigenvalue weighted by Gasteiger charge is 2.29. The Labute approximate surface area is 114 Å². The molecule has 0 fully saturated rings. The van der Waals surface area contributed by atoms with Crippen LogP contribution in [-0.2, 0) is 12.6 Å². The second kappa shape index (κ2) is 5.45. The molecule has 0 N–H and O–H groups in total. The van der Waals surface area contributed by atoms with E-state index in [2.05, 4.69) is 4.98 Å². The number of Topliss-reactive ketones (excluding diaryl/α,β-unsaturated/α-hetero) is 1. The van der Waals surface area contributed by atoms with Crippen LogP contribution in [0.1, 0.15) is 27.2 Å². The molecule has 2 rings (SSSR count). The quantitative estimate of drug-likeness (QED) is 0.799. The topological polar surface area (TPSA) is 30.0 Å². The summed E-state index contributed by atoms with van der Waals surface area (Å²) in [7, 11) is 0. The second-order valence-electron chi connectivity index (χ2n) is 4.48. The van der Waals surface area contributed by atoms with E-state index in [4.69, 9.17) is 0 Å². The maximum atomic E-state index is 12.4. The lowest BCUT2D eigenvalue weighted by Gasteiger charge is -2.07. The molecular weight excluding hydrogens is 267 g/mol. The Hall–Kier alpha value is -2.17. The van der Waals surface area contributed by atoms with Gasteiger partial charge in [-0.1, -0.05) is 12.1 Å². The van der Waals surface area contributed by atoms with Crippen molar-refractivity contribution in [3.8, 4) is 0 Å². The molecule has 0 aliphatic rings. The molecule has 1 aromatic heterocycles. The minimum absolute atomic E-state index is 0.0584. The van der Waals surface area contributed by atoms with Gasteiger partial charge >= 0.3 is 6.18 Å². The molecule has 0 radical (unpaired) electrons. The second-order valence-corrected chi connectivity index (χ2v) is 4.48. The maximum Gasteiger partial charge on any atom is 0.416 e. The van der Waals surface area contributed by atoms with Crippen LogP contribution in [0.3, 0.4) is 0 Å². The lowest BCUT2D eigenvalue weighted by molar-refractivity contribution is -0.137. The number of hydrogen-bond donors (Lipinski definition) is 0. The van der Waals surface area contributed by atoms with Crippen LogP contribution in [0.4, 0.5) is 13.2 Å². The van der Waals surface area contributed by atoms with Gasteiger partial charge in [-0.3, -0.25) is 9.78 Å². The molecule has 0 aliphatic heterocycles. The Morgan fingerprint density at radius 2 is 1.75 bits per heavy atom. The number of hydrogen-bond acceptors (Lipinski definition) is 2. The minimum atomic E-state index is -4.36. The Morgan fingerprint density at radius 1 is 1.10 bits per heavy atom. The molecule has 0 atom stereocenters. The maximum absolute atomic E-state index is 12.4. The van der Waals surface area contributed by atoms with E-state index in [1.54, 1.807) is 12.1 Å². The number of carbonyl (C=O) groups is 1. The van der Waals surface area contributed by atoms with E-state index in [-0.39, 0.29) is 12.2 Å². The number of ketones is 1. The molecule has 2 nitrogen and oxygen atoms in total. The highest BCUT2D eigenvalue weighted by atomic mass is 19.4. The summed E-state index contributed by atoms with van der Waals surface area (Å²) in [6.07, 6.45) is -2.83. The van der Waals surface area contributed by atoms with Gasteiger partial charge in [-0.15, -0.1) is 0 Å². The number of aryl methyl sites for hydroxylation is 1. The van der Waals surface area contributed by atoms with E-state index in [1.165, 1.54) is 18.3 Å². The molecule has 0 amide bonds. The van der Waals surface area contributed by atoms with Crippen LogP contribution in [0.2, 0.25) is 0 Å². The van der Waals surface area contributed by atoms with Crippen LogP contribution < -0.4 is 0 Å². The largest absolute Gasteiger partial charge is 0.416 e. The zero-order valence-corrected chi connectivity index (χ0v) is 10.7. The van der Waals surface area contributed by atoms with Crippen LogP contribution in [0, 0.1) is 6.92 Å². The minimum Gasteiger partial charge on any atom is -0.294 e. The van der Waals surface area contributed by atoms with E-state index in [0.29, 0.717) is 11.1 Å². The number of rotatable bonds is 3. The van der Waals surface area contributed by atoms with Gasteiger partial charge in [0, 0.05) is 23.9 Å². The zero-order chi connectivity index (χ0) is 14.8. The van der Waals surface area contributed by atoms with Gasteiger partial charge in [-0.2, -0.15) is 13.2 Å². The number of carbonyl (C=O) groups excluding carboxylic acids is 1. The van der Waals surface area contributed by atoms with Crippen molar-refractivity contribution in [2.45, 2.75) is 19.5 Å². The van der Waals surface area contributed by atoms with E-state index in [9.17, 15) is 18.0 Å². The molecule has 1 heterocycles. The van der Waals surface area contributed by atoms with Crippen molar-refractivity contribution in [1.29, 1.82) is 0 Å². The molecule has 0 saturated heterocycles. The lowest BCUT2D eigenvalue weighted by Crippen LogP contribution is -2.07. The van der Waals surface area contributed by atoms with Gasteiger partial charge in [0.15, 0.2) is 5.78 Å². The summed E-state index contributed by atoms with van der Waals surface area (Å²) in [5.41, 5.74) is 1.08. The van der Waals surface area contributed by atoms with E-state index < -0.39 is 11.7 Å². The number of alkyl halides is 3. The average Bonchev–Trinajstić information content (AvgIpc) is 2.39. The van der Waals surface area contributed by atoms with Gasteiger partial charge in [0.25, 0.3) is 0 Å². The molecular formula is C15H12F3NO. The third-order valence-electron chi connectivity index (χ3n) is 2.88. The molecule has 0 aliphatic carbocycles. The van der Waals surface area contributed by atoms with E-state index >= 15 is 0 Å². The van der Waals surface area contributed by atoms with Crippen molar-refractivity contribution in [3.05, 3.63) is 65.0 Å². The van der Waals surface area contributed by atoms with Gasteiger partial charge < -0.3 is 0 Å². The first-order valence-electron chi connectivity index (χ1n) is 5.98. The smallest absolute Gasteiger partial charge is 0.294 e. The molecule has 0 saturated carbocycles. The Kier molecular flexibility index (Phi) is 3.88. The van der Waals surface area contributed by atoms with Crippen LogP contribution in [0.25, 0.3) is 0 Å². The molecule has 1 aromatic carbocycles. The van der Waals surface area contributed by atoms with Gasteiger partial charge in [0.2, 0.25) is 0 Å². The predicted molar refractivity (Wildman–Crippen MR) is 68.5 cm³/mol. The van der Waals surface area contributed by atoms with Crippen LogP contribution >= 0.6 is 0 Å². The highest BCUT2D eigenvalue weighted by molar-refractivity contribution is 5.97. The van der Waals surface area contributed by atoms with Crippen LogP contribution in [0.5, 0.6) is 0 Å². The fourth-order valence-corrected chi connectivity index (χ4v) is 1.73. The average molecular weight is 279 g/mol. The first kappa shape index (κ1) is 14.2. The Morgan fingerprint density at radius 3 is 2.25 bits per heavy atom. The first-order valence-corrected chi connectivity index (χ1v) is 5.98. The SMILES string of the molecule is Cc1ccc(C(=O)Cc2ccc(C(F)(F)F)cc2)cn1. The third-order valence-corrected chi connectivity index (χ3v) is 2.88. The molecule has 2 aromatic rings. The van der Waals surface area contributed by atoms with Crippen molar-refractivity contribution < 1.29 is 18.0 Å². The monoisotopic (exact) mass is 279 g/mol. The van der Waals surface area contributed by atoms with E-state index in [1.807, 2.05) is 6.92 Å². The lowest BCUT2D eigenvalue weighted by atomic mass is 10.0. The zero-order valence-electron chi connectivity index (χ0n) is 10.7. The highest BCUT2D eigenvalue weighted by Crippen LogP contribution is 2.29. The predicted octanol–water partition coefficient (Wildman–Crippen LogP) is 3.83. The summed E-state index contributed by atoms with van der Waals surface area (Å²) in [4.78, 5) is 16.0. The number of aromatic nitrogens is 1. The van der Waals surface area contributed by atoms with E-state index in [0.717, 1.165) is 17.8 Å². The number of benzene rings is 1. The fraction of sp³-hybridized carbons (Fsp3) is 0.200. The van der Waals surface area contributed by atoms with Crippen molar-refractivity contribution in [1.82, 2.24) is 4.98 Å². The summed E-state index contributed by atoms with van der Waals surface area (Å²) in [6.45, 7) is 1.81. The number of pyridine rings is 1. The molecule has 104 valence electrons. The van der Waals surface area contributed by atoms with Crippen LogP contribution in [-0.4, -0.2) is 10.8 Å². The molecule has 0 spiro atoms. The van der Waals surface area contributed by atoms with Gasteiger partial charge in [-0.05, 0) is 36.8 Å². The third kappa shape index (κ3) is 3.44. The van der Waals surface area contributed by atoms with Gasteiger partial charge in [-0.25, -0.2) is 0 Å². The molecule has 5 heteroatoms. The molecule has 20 heavy (non-hydrogen) atoms. The van der Waals surface area contributed by atoms with Crippen molar-refractivity contribution >= 4 is 5.78 Å². The van der Waals surface area contributed by atoms with Crippen LogP contribution in [0.15, 0.2) is 42.6 Å². The summed E-state index contributed by atoms with van der Waals surface area (Å²) in [5, 5.41) is 0. The summed E-state index contributed by atoms with van der Waals surface area (Å²) < 4.78 is 37.2.